The molecule has 3 amide bonds. The highest BCUT2D eigenvalue weighted by Crippen LogP contribution is 2.42. The molecule has 1 aromatic rings. The van der Waals surface area contributed by atoms with Crippen LogP contribution in [0.15, 0.2) is 24.3 Å². The van der Waals surface area contributed by atoms with Crippen molar-refractivity contribution in [1.82, 2.24) is 10.2 Å². The molecule has 1 aromatic carbocycles. The summed E-state index contributed by atoms with van der Waals surface area (Å²) in [6.07, 6.45) is 2.02. The molecule has 1 saturated heterocycles. The third-order valence-electron chi connectivity index (χ3n) is 3.95. The van der Waals surface area contributed by atoms with Crippen molar-refractivity contribution in [1.29, 1.82) is 0 Å². The molecular weight excluding hydrogens is 264 g/mol. The number of nitrogens with one attached hydrogen (secondary N) is 1. The number of carbonyl (C=O) groups excluding carboxylic acids is 2. The molecule has 0 bridgehead atoms. The Balaban J connectivity index is 1.79. The van der Waals surface area contributed by atoms with Crippen LogP contribution in [0.4, 0.5) is 4.79 Å². The van der Waals surface area contributed by atoms with Gasteiger partial charge in [0.05, 0.1) is 6.54 Å². The van der Waals surface area contributed by atoms with Crippen molar-refractivity contribution in [3.8, 4) is 0 Å². The SMILES string of the molecule is C[C@]1(C2CC2)NC(=O)N(Cc2ccc(Cl)cc2)C1=O. The van der Waals surface area contributed by atoms with Gasteiger partial charge in [-0.1, -0.05) is 23.7 Å². The molecule has 2 fully saturated rings. The zero-order valence-corrected chi connectivity index (χ0v) is 11.4. The van der Waals surface area contributed by atoms with Crippen molar-refractivity contribution in [2.75, 3.05) is 0 Å². The minimum Gasteiger partial charge on any atom is -0.323 e. The van der Waals surface area contributed by atoms with Gasteiger partial charge in [-0.3, -0.25) is 9.69 Å². The molecule has 2 aliphatic rings. The lowest BCUT2D eigenvalue weighted by Gasteiger charge is -2.21. The molecule has 1 N–H and O–H groups in total. The van der Waals surface area contributed by atoms with Gasteiger partial charge >= 0.3 is 6.03 Å². The fraction of sp³-hybridized carbons (Fsp3) is 0.429. The Morgan fingerprint density at radius 3 is 2.53 bits per heavy atom. The Labute approximate surface area is 116 Å². The van der Waals surface area contributed by atoms with Gasteiger partial charge in [-0.2, -0.15) is 0 Å². The van der Waals surface area contributed by atoms with Crippen molar-refractivity contribution in [2.24, 2.45) is 5.92 Å². The van der Waals surface area contributed by atoms with Crippen LogP contribution in [0.2, 0.25) is 5.02 Å². The topological polar surface area (TPSA) is 49.4 Å². The molecule has 4 nitrogen and oxygen atoms in total. The Morgan fingerprint density at radius 1 is 1.32 bits per heavy atom. The summed E-state index contributed by atoms with van der Waals surface area (Å²) in [5.41, 5.74) is 0.191. The van der Waals surface area contributed by atoms with Crippen molar-refractivity contribution in [3.63, 3.8) is 0 Å². The van der Waals surface area contributed by atoms with E-state index in [2.05, 4.69) is 5.32 Å². The lowest BCUT2D eigenvalue weighted by atomic mass is 9.96. The van der Waals surface area contributed by atoms with Crippen LogP contribution in [-0.4, -0.2) is 22.4 Å². The van der Waals surface area contributed by atoms with Crippen LogP contribution in [0.1, 0.15) is 25.3 Å². The number of hydrogen-bond donors (Lipinski definition) is 1. The molecular formula is C14H15ClN2O2. The van der Waals surface area contributed by atoms with E-state index >= 15 is 0 Å². The molecule has 19 heavy (non-hydrogen) atoms. The summed E-state index contributed by atoms with van der Waals surface area (Å²) in [5, 5.41) is 3.48. The Morgan fingerprint density at radius 2 is 1.95 bits per heavy atom. The number of urea groups is 1. The summed E-state index contributed by atoms with van der Waals surface area (Å²) >= 11 is 5.82. The zero-order valence-electron chi connectivity index (χ0n) is 10.6. The minimum atomic E-state index is -0.705. The molecule has 100 valence electrons. The quantitative estimate of drug-likeness (QED) is 0.864. The van der Waals surface area contributed by atoms with Gasteiger partial charge in [-0.15, -0.1) is 0 Å². The van der Waals surface area contributed by atoms with Crippen LogP contribution in [0.3, 0.4) is 0 Å². The first kappa shape index (κ1) is 12.5. The first-order chi connectivity index (χ1) is 9.00. The predicted octanol–water partition coefficient (Wildman–Crippen LogP) is 2.56. The fourth-order valence-electron chi connectivity index (χ4n) is 2.57. The van der Waals surface area contributed by atoms with Crippen LogP contribution >= 0.6 is 11.6 Å². The van der Waals surface area contributed by atoms with Crippen molar-refractivity contribution in [3.05, 3.63) is 34.9 Å². The van der Waals surface area contributed by atoms with Gasteiger partial charge in [0.15, 0.2) is 0 Å². The summed E-state index contributed by atoms with van der Waals surface area (Å²) in [5.74, 6) is 0.175. The second-order valence-corrected chi connectivity index (χ2v) is 5.86. The van der Waals surface area contributed by atoms with E-state index < -0.39 is 5.54 Å². The lowest BCUT2D eigenvalue weighted by molar-refractivity contribution is -0.131. The van der Waals surface area contributed by atoms with E-state index in [4.69, 9.17) is 11.6 Å². The zero-order chi connectivity index (χ0) is 13.6. The normalized spacial score (nSPS) is 26.7. The smallest absolute Gasteiger partial charge is 0.323 e. The standard InChI is InChI=1S/C14H15ClN2O2/c1-14(10-4-5-10)12(18)17(13(19)16-14)8-9-2-6-11(15)7-3-9/h2-3,6-7,10H,4-5,8H2,1H3,(H,16,19)/t14-/m1/s1. The second-order valence-electron chi connectivity index (χ2n) is 5.42. The maximum atomic E-state index is 12.4. The molecule has 0 unspecified atom stereocenters. The molecule has 0 aromatic heterocycles. The number of benzene rings is 1. The van der Waals surface area contributed by atoms with Gasteiger partial charge in [0.2, 0.25) is 0 Å². The average molecular weight is 279 g/mol. The number of carbonyl (C=O) groups is 2. The Hall–Kier alpha value is -1.55. The van der Waals surface area contributed by atoms with E-state index in [9.17, 15) is 9.59 Å². The van der Waals surface area contributed by atoms with Crippen LogP contribution in [-0.2, 0) is 11.3 Å². The summed E-state index contributed by atoms with van der Waals surface area (Å²) < 4.78 is 0. The highest BCUT2D eigenvalue weighted by atomic mass is 35.5. The monoisotopic (exact) mass is 278 g/mol. The summed E-state index contributed by atoms with van der Waals surface area (Å²) in [6, 6.07) is 6.88. The number of halogens is 1. The number of nitrogens with zero attached hydrogens (tertiary/aromatic N) is 1. The molecule has 1 atom stereocenters. The highest BCUT2D eigenvalue weighted by Gasteiger charge is 2.55. The third kappa shape index (κ3) is 2.10. The number of imide groups is 1. The number of hydrogen-bond acceptors (Lipinski definition) is 2. The highest BCUT2D eigenvalue weighted by molar-refractivity contribution is 6.30. The second kappa shape index (κ2) is 4.23. The lowest BCUT2D eigenvalue weighted by Crippen LogP contribution is -2.46. The minimum absolute atomic E-state index is 0.116. The molecule has 1 saturated carbocycles. The average Bonchev–Trinajstić information content (AvgIpc) is 3.18. The molecule has 5 heteroatoms. The molecule has 1 heterocycles. The molecule has 0 spiro atoms. The van der Waals surface area contributed by atoms with E-state index in [1.807, 2.05) is 19.1 Å². The summed E-state index contributed by atoms with van der Waals surface area (Å²) in [4.78, 5) is 25.7. The molecule has 1 aliphatic carbocycles. The van der Waals surface area contributed by atoms with Crippen molar-refractivity contribution in [2.45, 2.75) is 31.8 Å². The van der Waals surface area contributed by atoms with E-state index in [1.165, 1.54) is 4.90 Å². The van der Waals surface area contributed by atoms with Gasteiger partial charge in [0, 0.05) is 5.02 Å². The number of rotatable bonds is 3. The van der Waals surface area contributed by atoms with Gasteiger partial charge in [0.1, 0.15) is 5.54 Å². The maximum Gasteiger partial charge on any atom is 0.325 e. The van der Waals surface area contributed by atoms with E-state index in [1.54, 1.807) is 12.1 Å². The summed E-state index contributed by atoms with van der Waals surface area (Å²) in [6.45, 7) is 2.12. The maximum absolute atomic E-state index is 12.4. The predicted molar refractivity (Wildman–Crippen MR) is 71.7 cm³/mol. The first-order valence-corrected chi connectivity index (χ1v) is 6.77. The van der Waals surface area contributed by atoms with Crippen LogP contribution in [0.5, 0.6) is 0 Å². The third-order valence-corrected chi connectivity index (χ3v) is 4.20. The molecule has 1 aliphatic heterocycles. The Kier molecular flexibility index (Phi) is 2.78. The van der Waals surface area contributed by atoms with Crippen LogP contribution < -0.4 is 5.32 Å². The van der Waals surface area contributed by atoms with Gasteiger partial charge < -0.3 is 5.32 Å². The van der Waals surface area contributed by atoms with Crippen LogP contribution in [0, 0.1) is 5.92 Å². The van der Waals surface area contributed by atoms with Crippen molar-refractivity contribution >= 4 is 23.5 Å². The van der Waals surface area contributed by atoms with E-state index in [-0.39, 0.29) is 11.9 Å². The largest absolute Gasteiger partial charge is 0.325 e. The molecule has 0 radical (unpaired) electrons. The van der Waals surface area contributed by atoms with Crippen molar-refractivity contribution < 1.29 is 9.59 Å². The van der Waals surface area contributed by atoms with E-state index in [0.717, 1.165) is 18.4 Å². The van der Waals surface area contributed by atoms with Gasteiger partial charge in [-0.25, -0.2) is 4.79 Å². The van der Waals surface area contributed by atoms with E-state index in [0.29, 0.717) is 17.5 Å². The number of amides is 3. The molecule has 3 rings (SSSR count). The van der Waals surface area contributed by atoms with Crippen LogP contribution in [0.25, 0.3) is 0 Å². The van der Waals surface area contributed by atoms with Gasteiger partial charge in [-0.05, 0) is 43.4 Å². The Bertz CT molecular complexity index is 539. The first-order valence-electron chi connectivity index (χ1n) is 6.39. The summed E-state index contributed by atoms with van der Waals surface area (Å²) in [7, 11) is 0. The fourth-order valence-corrected chi connectivity index (χ4v) is 2.70. The van der Waals surface area contributed by atoms with Gasteiger partial charge in [0.25, 0.3) is 5.91 Å².